The summed E-state index contributed by atoms with van der Waals surface area (Å²) in [6.07, 6.45) is 5.70. The molecule has 7 nitrogen and oxygen atoms in total. The Morgan fingerprint density at radius 1 is 1.12 bits per heavy atom. The number of aromatic nitrogens is 3. The highest BCUT2D eigenvalue weighted by Gasteiger charge is 2.20. The molecule has 1 amide bonds. The van der Waals surface area contributed by atoms with Gasteiger partial charge in [-0.05, 0) is 17.5 Å². The van der Waals surface area contributed by atoms with Gasteiger partial charge in [-0.1, -0.05) is 44.2 Å². The molecule has 0 atom stereocenters. The van der Waals surface area contributed by atoms with Crippen molar-refractivity contribution in [2.24, 2.45) is 0 Å². The van der Waals surface area contributed by atoms with E-state index in [1.807, 2.05) is 29.2 Å². The van der Waals surface area contributed by atoms with Gasteiger partial charge in [-0.15, -0.1) is 6.58 Å². The zero-order chi connectivity index (χ0) is 22.7. The Bertz CT molecular complexity index is 1150. The van der Waals surface area contributed by atoms with Gasteiger partial charge in [0, 0.05) is 63.6 Å². The third-order valence-electron chi connectivity index (χ3n) is 6.16. The SMILES string of the molecule is C=CCN1CCN(C(=O)CCn2ccn3nc(-c4ccc(C(C)C)cc4)cc3c2=O)CC1. The molecule has 1 aliphatic heterocycles. The highest BCUT2D eigenvalue weighted by molar-refractivity contribution is 5.76. The van der Waals surface area contributed by atoms with Crippen LogP contribution in [0.1, 0.15) is 31.7 Å². The van der Waals surface area contributed by atoms with Crippen molar-refractivity contribution < 1.29 is 4.79 Å². The van der Waals surface area contributed by atoms with E-state index in [2.05, 4.69) is 42.6 Å². The number of carbonyl (C=O) groups excluding carboxylic acids is 1. The maximum Gasteiger partial charge on any atom is 0.276 e. The molecule has 0 spiro atoms. The largest absolute Gasteiger partial charge is 0.340 e. The van der Waals surface area contributed by atoms with Gasteiger partial charge in [0.1, 0.15) is 5.52 Å². The Labute approximate surface area is 188 Å². The van der Waals surface area contributed by atoms with Crippen LogP contribution in [0.3, 0.4) is 0 Å². The second kappa shape index (κ2) is 9.53. The molecular weight excluding hydrogens is 402 g/mol. The number of aryl methyl sites for hydroxylation is 1. The van der Waals surface area contributed by atoms with Crippen LogP contribution in [0.25, 0.3) is 16.8 Å². The number of rotatable bonds is 7. The van der Waals surface area contributed by atoms with Gasteiger partial charge in [-0.2, -0.15) is 5.10 Å². The molecule has 0 N–H and O–H groups in total. The zero-order valence-corrected chi connectivity index (χ0v) is 18.9. The molecule has 7 heteroatoms. The van der Waals surface area contributed by atoms with Gasteiger partial charge >= 0.3 is 0 Å². The number of hydrogen-bond donors (Lipinski definition) is 0. The summed E-state index contributed by atoms with van der Waals surface area (Å²) in [5.41, 5.74) is 3.40. The van der Waals surface area contributed by atoms with Crippen molar-refractivity contribution in [3.05, 3.63) is 71.3 Å². The number of fused-ring (bicyclic) bond motifs is 1. The fraction of sp³-hybridized carbons (Fsp3) is 0.400. The maximum absolute atomic E-state index is 13.0. The molecule has 3 heterocycles. The van der Waals surface area contributed by atoms with Gasteiger partial charge in [-0.3, -0.25) is 14.5 Å². The molecule has 1 fully saturated rings. The molecule has 1 aliphatic rings. The first-order chi connectivity index (χ1) is 15.5. The summed E-state index contributed by atoms with van der Waals surface area (Å²) in [5.74, 6) is 0.561. The average molecular weight is 434 g/mol. The van der Waals surface area contributed by atoms with E-state index < -0.39 is 0 Å². The summed E-state index contributed by atoms with van der Waals surface area (Å²) in [5, 5.41) is 4.57. The molecule has 0 bridgehead atoms. The molecule has 1 saturated heterocycles. The maximum atomic E-state index is 13.0. The van der Waals surface area contributed by atoms with E-state index in [-0.39, 0.29) is 11.5 Å². The fourth-order valence-corrected chi connectivity index (χ4v) is 4.12. The van der Waals surface area contributed by atoms with Crippen LogP contribution >= 0.6 is 0 Å². The number of carbonyl (C=O) groups is 1. The summed E-state index contributed by atoms with van der Waals surface area (Å²) in [7, 11) is 0. The van der Waals surface area contributed by atoms with Gasteiger partial charge in [0.05, 0.1) is 5.69 Å². The highest BCUT2D eigenvalue weighted by Crippen LogP contribution is 2.22. The molecule has 32 heavy (non-hydrogen) atoms. The molecule has 3 aromatic rings. The van der Waals surface area contributed by atoms with Crippen LogP contribution in [-0.2, 0) is 11.3 Å². The molecule has 1 aromatic carbocycles. The van der Waals surface area contributed by atoms with Crippen LogP contribution in [-0.4, -0.2) is 62.6 Å². The summed E-state index contributed by atoms with van der Waals surface area (Å²) in [6.45, 7) is 12.5. The van der Waals surface area contributed by atoms with Crippen molar-refractivity contribution in [3.8, 4) is 11.3 Å². The molecule has 4 rings (SSSR count). The Kier molecular flexibility index (Phi) is 6.55. The van der Waals surface area contributed by atoms with E-state index >= 15 is 0 Å². The summed E-state index contributed by atoms with van der Waals surface area (Å²) in [6, 6.07) is 10.1. The second-order valence-corrected chi connectivity index (χ2v) is 8.65. The van der Waals surface area contributed by atoms with Crippen LogP contribution < -0.4 is 5.56 Å². The molecule has 168 valence electrons. The van der Waals surface area contributed by atoms with Gasteiger partial charge in [0.25, 0.3) is 5.56 Å². The first kappa shape index (κ1) is 22.0. The third-order valence-corrected chi connectivity index (χ3v) is 6.16. The number of nitrogens with zero attached hydrogens (tertiary/aromatic N) is 5. The lowest BCUT2D eigenvalue weighted by Crippen LogP contribution is -2.48. The van der Waals surface area contributed by atoms with Crippen LogP contribution in [0.5, 0.6) is 0 Å². The van der Waals surface area contributed by atoms with Crippen molar-refractivity contribution in [3.63, 3.8) is 0 Å². The summed E-state index contributed by atoms with van der Waals surface area (Å²) in [4.78, 5) is 29.8. The predicted molar refractivity (Wildman–Crippen MR) is 127 cm³/mol. The Hall–Kier alpha value is -3.19. The third kappa shape index (κ3) is 4.67. The van der Waals surface area contributed by atoms with E-state index in [0.717, 1.165) is 44.0 Å². The van der Waals surface area contributed by atoms with Crippen molar-refractivity contribution in [2.75, 3.05) is 32.7 Å². The number of benzene rings is 1. The molecule has 0 radical (unpaired) electrons. The summed E-state index contributed by atoms with van der Waals surface area (Å²) < 4.78 is 3.22. The minimum atomic E-state index is -0.131. The van der Waals surface area contributed by atoms with Crippen LogP contribution in [0.2, 0.25) is 0 Å². The van der Waals surface area contributed by atoms with Crippen molar-refractivity contribution in [1.82, 2.24) is 24.0 Å². The smallest absolute Gasteiger partial charge is 0.276 e. The average Bonchev–Trinajstić information content (AvgIpc) is 3.24. The monoisotopic (exact) mass is 433 g/mol. The minimum Gasteiger partial charge on any atom is -0.340 e. The van der Waals surface area contributed by atoms with Crippen LogP contribution in [0, 0.1) is 0 Å². The van der Waals surface area contributed by atoms with Gasteiger partial charge in [0.15, 0.2) is 0 Å². The lowest BCUT2D eigenvalue weighted by atomic mass is 10.0. The van der Waals surface area contributed by atoms with E-state index in [9.17, 15) is 9.59 Å². The molecule has 0 saturated carbocycles. The Balaban J connectivity index is 1.44. The Morgan fingerprint density at radius 2 is 1.84 bits per heavy atom. The highest BCUT2D eigenvalue weighted by atomic mass is 16.2. The molecule has 0 aliphatic carbocycles. The normalized spacial score (nSPS) is 14.9. The molecular formula is C25H31N5O2. The van der Waals surface area contributed by atoms with Gasteiger partial charge < -0.3 is 9.47 Å². The molecule has 0 unspecified atom stereocenters. The fourth-order valence-electron chi connectivity index (χ4n) is 4.12. The van der Waals surface area contributed by atoms with E-state index in [0.29, 0.717) is 24.4 Å². The Morgan fingerprint density at radius 3 is 2.50 bits per heavy atom. The number of amides is 1. The van der Waals surface area contributed by atoms with Crippen molar-refractivity contribution >= 4 is 11.4 Å². The first-order valence-electron chi connectivity index (χ1n) is 11.3. The molecule has 2 aromatic heterocycles. The standard InChI is InChI=1S/C25H31N5O2/c1-4-10-27-12-14-28(15-13-27)24(31)9-11-29-16-17-30-23(25(29)32)18-22(26-30)21-7-5-20(6-8-21)19(2)3/h4-8,16-19H,1,9-15H2,2-3H3. The van der Waals surface area contributed by atoms with Crippen LogP contribution in [0.4, 0.5) is 0 Å². The number of piperazine rings is 1. The number of hydrogen-bond acceptors (Lipinski definition) is 4. The lowest BCUT2D eigenvalue weighted by molar-refractivity contribution is -0.133. The zero-order valence-electron chi connectivity index (χ0n) is 18.9. The quantitative estimate of drug-likeness (QED) is 0.538. The van der Waals surface area contributed by atoms with Crippen molar-refractivity contribution in [1.29, 1.82) is 0 Å². The second-order valence-electron chi connectivity index (χ2n) is 8.65. The van der Waals surface area contributed by atoms with Crippen LogP contribution in [0.15, 0.2) is 60.2 Å². The van der Waals surface area contributed by atoms with Crippen molar-refractivity contribution in [2.45, 2.75) is 32.7 Å². The van der Waals surface area contributed by atoms with Gasteiger partial charge in [0.2, 0.25) is 5.91 Å². The van der Waals surface area contributed by atoms with Gasteiger partial charge in [-0.25, -0.2) is 4.52 Å². The first-order valence-corrected chi connectivity index (χ1v) is 11.3. The van der Waals surface area contributed by atoms with E-state index in [4.69, 9.17) is 0 Å². The minimum absolute atomic E-state index is 0.0921. The van der Waals surface area contributed by atoms with E-state index in [1.54, 1.807) is 21.5 Å². The topological polar surface area (TPSA) is 62.9 Å². The lowest BCUT2D eigenvalue weighted by Gasteiger charge is -2.34. The summed E-state index contributed by atoms with van der Waals surface area (Å²) >= 11 is 0. The predicted octanol–water partition coefficient (Wildman–Crippen LogP) is 3.01. The van der Waals surface area contributed by atoms with E-state index in [1.165, 1.54) is 5.56 Å².